The molecule has 0 fully saturated rings. The van der Waals surface area contributed by atoms with E-state index in [4.69, 9.17) is 0 Å². The van der Waals surface area contributed by atoms with Gasteiger partial charge in [-0.1, -0.05) is 44.0 Å². The zero-order valence-electron chi connectivity index (χ0n) is 14.1. The molecule has 0 radical (unpaired) electrons. The van der Waals surface area contributed by atoms with Gasteiger partial charge in [0, 0.05) is 17.4 Å². The normalized spacial score (nSPS) is 12.2. The van der Waals surface area contributed by atoms with Crippen molar-refractivity contribution in [3.63, 3.8) is 0 Å². The molecule has 0 aliphatic carbocycles. The van der Waals surface area contributed by atoms with Gasteiger partial charge in [0.15, 0.2) is 0 Å². The Bertz CT molecular complexity index is 659. The monoisotopic (exact) mass is 315 g/mol. The zero-order valence-corrected chi connectivity index (χ0v) is 15.1. The lowest BCUT2D eigenvalue weighted by Crippen LogP contribution is -2.36. The second-order valence-corrected chi connectivity index (χ2v) is 8.24. The first-order valence-corrected chi connectivity index (χ1v) is 8.66. The lowest BCUT2D eigenvalue weighted by molar-refractivity contribution is 0.425. The first kappa shape index (κ1) is 17.0. The molecule has 3 heteroatoms. The Morgan fingerprint density at radius 3 is 2.27 bits per heavy atom. The standard InChI is InChI=1S/C19H26NOP/c1-13-7-9-17(15(10-13)12-20-19(3,4)5)22-18-11-14(2)6-8-16(18)21/h6-11,20-22H,12H2,1-5H3. The molecule has 0 heterocycles. The van der Waals surface area contributed by atoms with Crippen LogP contribution >= 0.6 is 8.58 Å². The van der Waals surface area contributed by atoms with E-state index < -0.39 is 0 Å². The van der Waals surface area contributed by atoms with Crippen molar-refractivity contribution in [3.8, 4) is 5.75 Å². The molecule has 0 aliphatic heterocycles. The minimum atomic E-state index is 0.0929. The largest absolute Gasteiger partial charge is 0.507 e. The van der Waals surface area contributed by atoms with Gasteiger partial charge in [0.2, 0.25) is 0 Å². The summed E-state index contributed by atoms with van der Waals surface area (Å²) in [7, 11) is 0.470. The molecule has 1 atom stereocenters. The van der Waals surface area contributed by atoms with Gasteiger partial charge in [-0.05, 0) is 57.6 Å². The number of rotatable bonds is 4. The van der Waals surface area contributed by atoms with Crippen molar-refractivity contribution < 1.29 is 5.11 Å². The molecule has 22 heavy (non-hydrogen) atoms. The van der Waals surface area contributed by atoms with Crippen molar-refractivity contribution >= 4 is 19.2 Å². The maximum atomic E-state index is 10.1. The van der Waals surface area contributed by atoms with Crippen LogP contribution in [0.3, 0.4) is 0 Å². The smallest absolute Gasteiger partial charge is 0.123 e. The number of hydrogen-bond donors (Lipinski definition) is 2. The van der Waals surface area contributed by atoms with Crippen LogP contribution in [0.5, 0.6) is 5.75 Å². The molecule has 1 unspecified atom stereocenters. The molecule has 2 N–H and O–H groups in total. The van der Waals surface area contributed by atoms with Crippen LogP contribution in [0.25, 0.3) is 0 Å². The fourth-order valence-corrected chi connectivity index (χ4v) is 3.54. The SMILES string of the molecule is Cc1ccc(Pc2cc(C)ccc2O)c(CNC(C)(C)C)c1. The van der Waals surface area contributed by atoms with Crippen LogP contribution in [0.1, 0.15) is 37.5 Å². The van der Waals surface area contributed by atoms with Crippen molar-refractivity contribution in [2.24, 2.45) is 0 Å². The molecule has 2 aromatic carbocycles. The Morgan fingerprint density at radius 2 is 1.59 bits per heavy atom. The predicted octanol–water partition coefficient (Wildman–Crippen LogP) is 3.53. The van der Waals surface area contributed by atoms with Crippen LogP contribution in [-0.2, 0) is 6.54 Å². The zero-order chi connectivity index (χ0) is 16.3. The fraction of sp³-hybridized carbons (Fsp3) is 0.368. The van der Waals surface area contributed by atoms with Crippen molar-refractivity contribution in [1.82, 2.24) is 5.32 Å². The van der Waals surface area contributed by atoms with E-state index in [2.05, 4.69) is 64.2 Å². The summed E-state index contributed by atoms with van der Waals surface area (Å²) in [6, 6.07) is 12.4. The van der Waals surface area contributed by atoms with Gasteiger partial charge < -0.3 is 10.4 Å². The Hall–Kier alpha value is -1.37. The summed E-state index contributed by atoms with van der Waals surface area (Å²) in [6.45, 7) is 11.6. The van der Waals surface area contributed by atoms with Crippen LogP contribution in [0.4, 0.5) is 0 Å². The highest BCUT2D eigenvalue weighted by molar-refractivity contribution is 7.55. The highest BCUT2D eigenvalue weighted by Crippen LogP contribution is 2.22. The van der Waals surface area contributed by atoms with Crippen LogP contribution in [-0.4, -0.2) is 10.6 Å². The fourth-order valence-electron chi connectivity index (χ4n) is 2.25. The average Bonchev–Trinajstić information content (AvgIpc) is 2.42. The molecule has 0 aliphatic rings. The number of aryl methyl sites for hydroxylation is 2. The van der Waals surface area contributed by atoms with E-state index in [0.717, 1.165) is 11.8 Å². The van der Waals surface area contributed by atoms with Crippen molar-refractivity contribution in [1.29, 1.82) is 0 Å². The van der Waals surface area contributed by atoms with Crippen molar-refractivity contribution in [2.45, 2.75) is 46.7 Å². The Balaban J connectivity index is 2.28. The quantitative estimate of drug-likeness (QED) is 0.846. The lowest BCUT2D eigenvalue weighted by Gasteiger charge is -2.22. The number of phenolic OH excluding ortho intramolecular Hbond substituents is 1. The highest BCUT2D eigenvalue weighted by Gasteiger charge is 2.12. The first-order chi connectivity index (χ1) is 10.2. The van der Waals surface area contributed by atoms with Crippen molar-refractivity contribution in [2.75, 3.05) is 0 Å². The number of aromatic hydroxyl groups is 1. The maximum absolute atomic E-state index is 10.1. The van der Waals surface area contributed by atoms with E-state index in [1.54, 1.807) is 6.07 Å². The van der Waals surface area contributed by atoms with Crippen LogP contribution in [0.2, 0.25) is 0 Å². The van der Waals surface area contributed by atoms with Gasteiger partial charge >= 0.3 is 0 Å². The number of benzene rings is 2. The predicted molar refractivity (Wildman–Crippen MR) is 98.2 cm³/mol. The second-order valence-electron chi connectivity index (χ2n) is 6.91. The van der Waals surface area contributed by atoms with Gasteiger partial charge in [-0.3, -0.25) is 0 Å². The Kier molecular flexibility index (Phi) is 5.26. The molecule has 2 rings (SSSR count). The van der Waals surface area contributed by atoms with E-state index in [1.807, 2.05) is 6.07 Å². The first-order valence-electron chi connectivity index (χ1n) is 7.66. The molecule has 0 bridgehead atoms. The van der Waals surface area contributed by atoms with E-state index in [-0.39, 0.29) is 5.54 Å². The minimum Gasteiger partial charge on any atom is -0.507 e. The third kappa shape index (κ3) is 4.83. The van der Waals surface area contributed by atoms with Gasteiger partial charge in [0.1, 0.15) is 5.75 Å². The molecule has 2 nitrogen and oxygen atoms in total. The van der Waals surface area contributed by atoms with Gasteiger partial charge in [-0.15, -0.1) is 0 Å². The lowest BCUT2D eigenvalue weighted by atomic mass is 10.1. The number of nitrogens with one attached hydrogen (secondary N) is 1. The molecular formula is C19H26NOP. The molecule has 118 valence electrons. The topological polar surface area (TPSA) is 32.3 Å². The second kappa shape index (κ2) is 6.81. The van der Waals surface area contributed by atoms with Gasteiger partial charge in [0.25, 0.3) is 0 Å². The van der Waals surface area contributed by atoms with Crippen LogP contribution in [0.15, 0.2) is 36.4 Å². The third-order valence-electron chi connectivity index (χ3n) is 3.49. The summed E-state index contributed by atoms with van der Waals surface area (Å²) in [6.07, 6.45) is 0. The number of phenols is 1. The molecule has 0 spiro atoms. The summed E-state index contributed by atoms with van der Waals surface area (Å²) in [5.74, 6) is 0.388. The molecular weight excluding hydrogens is 289 g/mol. The average molecular weight is 315 g/mol. The van der Waals surface area contributed by atoms with Gasteiger partial charge in [-0.25, -0.2) is 0 Å². The van der Waals surface area contributed by atoms with Crippen LogP contribution < -0.4 is 15.9 Å². The Morgan fingerprint density at radius 1 is 0.955 bits per heavy atom. The summed E-state index contributed by atoms with van der Waals surface area (Å²) in [5.41, 5.74) is 3.86. The highest BCUT2D eigenvalue weighted by atomic mass is 31.1. The van der Waals surface area contributed by atoms with Crippen LogP contribution in [0, 0.1) is 13.8 Å². The summed E-state index contributed by atoms with van der Waals surface area (Å²) in [5, 5.41) is 16.0. The Labute approximate surface area is 135 Å². The van der Waals surface area contributed by atoms with E-state index >= 15 is 0 Å². The van der Waals surface area contributed by atoms with E-state index in [1.165, 1.54) is 22.0 Å². The molecule has 0 aromatic heterocycles. The van der Waals surface area contributed by atoms with Crippen molar-refractivity contribution in [3.05, 3.63) is 53.1 Å². The number of hydrogen-bond acceptors (Lipinski definition) is 2. The maximum Gasteiger partial charge on any atom is 0.123 e. The summed E-state index contributed by atoms with van der Waals surface area (Å²) >= 11 is 0. The molecule has 0 amide bonds. The van der Waals surface area contributed by atoms with E-state index in [9.17, 15) is 5.11 Å². The third-order valence-corrected chi connectivity index (χ3v) is 4.92. The molecule has 0 saturated heterocycles. The minimum absolute atomic E-state index is 0.0929. The summed E-state index contributed by atoms with van der Waals surface area (Å²) < 4.78 is 0. The van der Waals surface area contributed by atoms with E-state index in [0.29, 0.717) is 14.3 Å². The summed E-state index contributed by atoms with van der Waals surface area (Å²) in [4.78, 5) is 0. The van der Waals surface area contributed by atoms with Gasteiger partial charge in [-0.2, -0.15) is 0 Å². The molecule has 0 saturated carbocycles. The molecule has 2 aromatic rings. The van der Waals surface area contributed by atoms with Gasteiger partial charge in [0.05, 0.1) is 0 Å².